The minimum atomic E-state index is -1.15. The van der Waals surface area contributed by atoms with Crippen LogP contribution in [-0.4, -0.2) is 46.1 Å². The lowest BCUT2D eigenvalue weighted by molar-refractivity contribution is -0.139. The molecule has 0 amide bonds. The Morgan fingerprint density at radius 1 is 1.08 bits per heavy atom. The zero-order chi connectivity index (χ0) is 26.5. The molecule has 8 heteroatoms. The molecular weight excluding hydrogens is 474 g/mol. The van der Waals surface area contributed by atoms with Crippen molar-refractivity contribution in [3.05, 3.63) is 113 Å². The molecule has 2 aromatic carbocycles. The summed E-state index contributed by atoms with van der Waals surface area (Å²) in [5, 5.41) is 14.5. The third kappa shape index (κ3) is 6.34. The zero-order valence-corrected chi connectivity index (χ0v) is 20.7. The number of hydrogen-bond acceptors (Lipinski definition) is 5. The van der Waals surface area contributed by atoms with Gasteiger partial charge in [-0.25, -0.2) is 13.6 Å². The van der Waals surface area contributed by atoms with Crippen molar-refractivity contribution in [1.82, 2.24) is 20.2 Å². The first-order valence-corrected chi connectivity index (χ1v) is 11.8. The van der Waals surface area contributed by atoms with Crippen LogP contribution in [0.1, 0.15) is 28.1 Å². The molecule has 0 aliphatic heterocycles. The Hall–Kier alpha value is -4.17. The van der Waals surface area contributed by atoms with Crippen molar-refractivity contribution in [2.75, 3.05) is 14.1 Å². The number of halogens is 2. The average Bonchev–Trinajstić information content (AvgIpc) is 2.83. The summed E-state index contributed by atoms with van der Waals surface area (Å²) < 4.78 is 28.3. The zero-order valence-electron chi connectivity index (χ0n) is 20.7. The number of carbonyl (C=O) groups is 1. The summed E-state index contributed by atoms with van der Waals surface area (Å²) in [6, 6.07) is 13.9. The number of hydrogen-bond donors (Lipinski definition) is 2. The fourth-order valence-electron chi connectivity index (χ4n) is 4.32. The molecule has 4 aromatic rings. The largest absolute Gasteiger partial charge is 0.480 e. The topological polar surface area (TPSA) is 78.4 Å². The number of fused-ring (bicyclic) bond motifs is 1. The van der Waals surface area contributed by atoms with Gasteiger partial charge in [-0.1, -0.05) is 36.9 Å². The van der Waals surface area contributed by atoms with E-state index in [9.17, 15) is 18.7 Å². The number of aromatic nitrogens is 2. The van der Waals surface area contributed by atoms with Crippen LogP contribution in [0.25, 0.3) is 16.5 Å². The molecule has 1 unspecified atom stereocenters. The number of benzene rings is 2. The average molecular weight is 503 g/mol. The van der Waals surface area contributed by atoms with E-state index in [1.165, 1.54) is 6.07 Å². The van der Waals surface area contributed by atoms with Crippen LogP contribution in [0.3, 0.4) is 0 Å². The molecule has 0 radical (unpaired) electrons. The van der Waals surface area contributed by atoms with Crippen LogP contribution in [0.4, 0.5) is 8.78 Å². The Morgan fingerprint density at radius 3 is 2.49 bits per heavy atom. The molecule has 6 nitrogen and oxygen atoms in total. The van der Waals surface area contributed by atoms with E-state index in [0.717, 1.165) is 45.4 Å². The maximum Gasteiger partial charge on any atom is 0.326 e. The lowest BCUT2D eigenvalue weighted by Gasteiger charge is -2.19. The maximum absolute atomic E-state index is 14.1. The molecule has 0 spiro atoms. The third-order valence-electron chi connectivity index (χ3n) is 5.96. The monoisotopic (exact) mass is 502 g/mol. The molecule has 0 aliphatic carbocycles. The first-order valence-electron chi connectivity index (χ1n) is 11.8. The summed E-state index contributed by atoms with van der Waals surface area (Å²) in [6.45, 7) is 4.37. The Balaban J connectivity index is 1.57. The minimum absolute atomic E-state index is 0.0919. The van der Waals surface area contributed by atoms with E-state index in [1.54, 1.807) is 12.4 Å². The molecule has 0 saturated heterocycles. The van der Waals surface area contributed by atoms with Crippen molar-refractivity contribution in [1.29, 1.82) is 0 Å². The predicted octanol–water partition coefficient (Wildman–Crippen LogP) is 4.82. The summed E-state index contributed by atoms with van der Waals surface area (Å²) >= 11 is 0. The van der Waals surface area contributed by atoms with Crippen molar-refractivity contribution in [3.8, 4) is 0 Å². The van der Waals surface area contributed by atoms with E-state index in [0.29, 0.717) is 13.0 Å². The van der Waals surface area contributed by atoms with Crippen molar-refractivity contribution >= 4 is 22.4 Å². The van der Waals surface area contributed by atoms with Crippen molar-refractivity contribution in [2.45, 2.75) is 25.4 Å². The first-order chi connectivity index (χ1) is 17.7. The van der Waals surface area contributed by atoms with Gasteiger partial charge in [-0.15, -0.1) is 0 Å². The highest BCUT2D eigenvalue weighted by Gasteiger charge is 2.22. The van der Waals surface area contributed by atoms with Gasteiger partial charge in [0.25, 0.3) is 0 Å². The van der Waals surface area contributed by atoms with Crippen molar-refractivity contribution in [3.63, 3.8) is 0 Å². The highest BCUT2D eigenvalue weighted by Crippen LogP contribution is 2.23. The Morgan fingerprint density at radius 2 is 1.78 bits per heavy atom. The number of pyridine rings is 2. The van der Waals surface area contributed by atoms with Gasteiger partial charge < -0.3 is 15.3 Å². The van der Waals surface area contributed by atoms with Crippen LogP contribution in [0.5, 0.6) is 0 Å². The molecule has 2 N–H and O–H groups in total. The predicted molar refractivity (Wildman–Crippen MR) is 140 cm³/mol. The number of carboxylic acids is 1. The van der Waals surface area contributed by atoms with E-state index < -0.39 is 23.6 Å². The summed E-state index contributed by atoms with van der Waals surface area (Å²) in [5.74, 6) is -2.78. The normalized spacial score (nSPS) is 12.0. The summed E-state index contributed by atoms with van der Waals surface area (Å²) in [7, 11) is 3.98. The van der Waals surface area contributed by atoms with Crippen LogP contribution in [0.2, 0.25) is 0 Å². The van der Waals surface area contributed by atoms with Crippen LogP contribution in [0, 0.1) is 11.6 Å². The third-order valence-corrected chi connectivity index (χ3v) is 5.96. The fourth-order valence-corrected chi connectivity index (χ4v) is 4.32. The van der Waals surface area contributed by atoms with Gasteiger partial charge in [0.1, 0.15) is 17.7 Å². The van der Waals surface area contributed by atoms with Crippen LogP contribution in [-0.2, 0) is 24.2 Å². The Kier molecular flexibility index (Phi) is 7.89. The van der Waals surface area contributed by atoms with E-state index >= 15 is 0 Å². The summed E-state index contributed by atoms with van der Waals surface area (Å²) in [5.41, 5.74) is 3.05. The second kappa shape index (κ2) is 11.3. The van der Waals surface area contributed by atoms with E-state index in [1.807, 2.05) is 44.4 Å². The SMILES string of the molecule is C=C(NC(Cc1cccc(Cc2nc(CN(C)C)cc3ccncc23)c1)C(=O)O)c1c(F)cccc1F. The molecule has 0 bridgehead atoms. The lowest BCUT2D eigenvalue weighted by Crippen LogP contribution is -2.37. The Labute approximate surface area is 214 Å². The second-order valence-electron chi connectivity index (χ2n) is 9.21. The van der Waals surface area contributed by atoms with Gasteiger partial charge in [-0.3, -0.25) is 9.97 Å². The molecule has 0 saturated carbocycles. The summed E-state index contributed by atoms with van der Waals surface area (Å²) in [6.07, 6.45) is 4.19. The van der Waals surface area contributed by atoms with Crippen LogP contribution in [0.15, 0.2) is 73.6 Å². The van der Waals surface area contributed by atoms with Crippen molar-refractivity contribution < 1.29 is 18.7 Å². The molecule has 190 valence electrons. The number of carboxylic acid groups (broad SMARTS) is 1. The van der Waals surface area contributed by atoms with Gasteiger partial charge in [-0.2, -0.15) is 0 Å². The number of nitrogens with zero attached hydrogens (tertiary/aromatic N) is 3. The van der Waals surface area contributed by atoms with Gasteiger partial charge in [0.2, 0.25) is 0 Å². The molecular formula is C29H28F2N4O2. The molecule has 0 fully saturated rings. The van der Waals surface area contributed by atoms with Gasteiger partial charge in [0.05, 0.1) is 17.0 Å². The Bertz CT molecular complexity index is 1440. The van der Waals surface area contributed by atoms with Gasteiger partial charge >= 0.3 is 5.97 Å². The highest BCUT2D eigenvalue weighted by molar-refractivity contribution is 5.84. The molecule has 1 atom stereocenters. The molecule has 37 heavy (non-hydrogen) atoms. The smallest absolute Gasteiger partial charge is 0.326 e. The number of rotatable bonds is 10. The van der Waals surface area contributed by atoms with Gasteiger partial charge in [0.15, 0.2) is 0 Å². The minimum Gasteiger partial charge on any atom is -0.480 e. The van der Waals surface area contributed by atoms with Crippen LogP contribution < -0.4 is 5.32 Å². The van der Waals surface area contributed by atoms with E-state index in [4.69, 9.17) is 4.98 Å². The molecule has 2 aromatic heterocycles. The lowest BCUT2D eigenvalue weighted by atomic mass is 9.99. The quantitative estimate of drug-likeness (QED) is 0.324. The highest BCUT2D eigenvalue weighted by atomic mass is 19.1. The maximum atomic E-state index is 14.1. The summed E-state index contributed by atoms with van der Waals surface area (Å²) in [4.78, 5) is 23.2. The first kappa shape index (κ1) is 25.9. The van der Waals surface area contributed by atoms with Crippen molar-refractivity contribution in [2.24, 2.45) is 0 Å². The standard InChI is InChI=1S/C29H28F2N4O2/c1-18(28-24(30)8-5-9-25(28)31)33-27(29(36)37)14-20-7-4-6-19(12-20)13-26-23-16-32-11-10-21(23)15-22(34-26)17-35(2)3/h4-12,15-16,27,33H,1,13-14,17H2,2-3H3,(H,36,37). The molecule has 2 heterocycles. The number of nitrogens with one attached hydrogen (secondary N) is 1. The molecule has 4 rings (SSSR count). The fraction of sp³-hybridized carbons (Fsp3) is 0.207. The van der Waals surface area contributed by atoms with E-state index in [2.05, 4.69) is 27.8 Å². The van der Waals surface area contributed by atoms with Crippen LogP contribution >= 0.6 is 0 Å². The van der Waals surface area contributed by atoms with E-state index in [-0.39, 0.29) is 17.7 Å². The van der Waals surface area contributed by atoms with Gasteiger partial charge in [-0.05, 0) is 54.9 Å². The second-order valence-corrected chi connectivity index (χ2v) is 9.21. The molecule has 0 aliphatic rings. The van der Waals surface area contributed by atoms with Gasteiger partial charge in [0, 0.05) is 42.9 Å². The number of aliphatic carboxylic acids is 1.